The highest BCUT2D eigenvalue weighted by molar-refractivity contribution is 5.78. The molecule has 0 saturated heterocycles. The summed E-state index contributed by atoms with van der Waals surface area (Å²) in [6.07, 6.45) is 7.57. The normalized spacial score (nSPS) is 14.0. The van der Waals surface area contributed by atoms with Crippen molar-refractivity contribution in [1.82, 2.24) is 14.5 Å². The minimum absolute atomic E-state index is 0.0630. The summed E-state index contributed by atoms with van der Waals surface area (Å²) in [6.45, 7) is 2.86. The van der Waals surface area contributed by atoms with Gasteiger partial charge in [-0.25, -0.2) is 4.98 Å². The van der Waals surface area contributed by atoms with Gasteiger partial charge in [-0.3, -0.25) is 4.79 Å². The second kappa shape index (κ2) is 5.99. The standard InChI is InChI=1S/C16H19N3O2/c1-2-19(13-6-7-13)16(20)11-21-15-5-3-4-14(10-15)18-9-8-17-12-18/h3-5,8-10,12-13H,2,6-7,11H2,1H3. The molecule has 5 nitrogen and oxygen atoms in total. The fourth-order valence-electron chi connectivity index (χ4n) is 2.40. The van der Waals surface area contributed by atoms with E-state index in [4.69, 9.17) is 4.74 Å². The highest BCUT2D eigenvalue weighted by atomic mass is 16.5. The predicted octanol–water partition coefficient (Wildman–Crippen LogP) is 2.26. The molecular formula is C16H19N3O2. The van der Waals surface area contributed by atoms with E-state index in [0.717, 1.165) is 25.1 Å². The Morgan fingerprint density at radius 1 is 1.48 bits per heavy atom. The van der Waals surface area contributed by atoms with Crippen molar-refractivity contribution in [3.05, 3.63) is 43.0 Å². The van der Waals surface area contributed by atoms with Crippen LogP contribution in [-0.2, 0) is 4.79 Å². The van der Waals surface area contributed by atoms with Gasteiger partial charge in [0.1, 0.15) is 5.75 Å². The van der Waals surface area contributed by atoms with Crippen molar-refractivity contribution in [2.24, 2.45) is 0 Å². The molecule has 1 aromatic carbocycles. The average Bonchev–Trinajstić information content (AvgIpc) is 3.18. The fourth-order valence-corrected chi connectivity index (χ4v) is 2.40. The molecule has 1 aliphatic carbocycles. The van der Waals surface area contributed by atoms with E-state index >= 15 is 0 Å². The summed E-state index contributed by atoms with van der Waals surface area (Å²) in [7, 11) is 0. The third-order valence-corrected chi connectivity index (χ3v) is 3.63. The summed E-state index contributed by atoms with van der Waals surface area (Å²) in [5.41, 5.74) is 0.965. The second-order valence-corrected chi connectivity index (χ2v) is 5.17. The molecule has 5 heteroatoms. The number of likely N-dealkylation sites (N-methyl/N-ethyl adjacent to an activating group) is 1. The van der Waals surface area contributed by atoms with E-state index in [1.807, 2.05) is 46.9 Å². The molecule has 0 spiro atoms. The number of amides is 1. The van der Waals surface area contributed by atoms with Crippen LogP contribution in [0.4, 0.5) is 0 Å². The molecule has 0 unspecified atom stereocenters. The van der Waals surface area contributed by atoms with E-state index in [2.05, 4.69) is 4.98 Å². The summed E-state index contributed by atoms with van der Waals surface area (Å²) in [6, 6.07) is 8.08. The van der Waals surface area contributed by atoms with E-state index in [9.17, 15) is 4.79 Å². The summed E-state index contributed by atoms with van der Waals surface area (Å²) in [5, 5.41) is 0. The number of imidazole rings is 1. The summed E-state index contributed by atoms with van der Waals surface area (Å²) in [4.78, 5) is 18.1. The molecule has 0 atom stereocenters. The molecule has 1 fully saturated rings. The van der Waals surface area contributed by atoms with Crippen molar-refractivity contribution in [2.75, 3.05) is 13.2 Å². The Balaban J connectivity index is 1.62. The van der Waals surface area contributed by atoms with Gasteiger partial charge in [-0.15, -0.1) is 0 Å². The molecule has 0 bridgehead atoms. The monoisotopic (exact) mass is 285 g/mol. The second-order valence-electron chi connectivity index (χ2n) is 5.17. The minimum Gasteiger partial charge on any atom is -0.484 e. The zero-order chi connectivity index (χ0) is 14.7. The Kier molecular flexibility index (Phi) is 3.90. The van der Waals surface area contributed by atoms with Crippen LogP contribution in [0.2, 0.25) is 0 Å². The highest BCUT2D eigenvalue weighted by Gasteiger charge is 2.31. The fraction of sp³-hybridized carbons (Fsp3) is 0.375. The van der Waals surface area contributed by atoms with Gasteiger partial charge in [0, 0.05) is 31.0 Å². The topological polar surface area (TPSA) is 47.4 Å². The van der Waals surface area contributed by atoms with Crippen LogP contribution < -0.4 is 4.74 Å². The van der Waals surface area contributed by atoms with Crippen LogP contribution in [0.5, 0.6) is 5.75 Å². The Labute approximate surface area is 124 Å². The molecule has 0 aliphatic heterocycles. The number of hydrogen-bond donors (Lipinski definition) is 0. The lowest BCUT2D eigenvalue weighted by Crippen LogP contribution is -2.36. The maximum atomic E-state index is 12.1. The lowest BCUT2D eigenvalue weighted by atomic mass is 10.3. The van der Waals surface area contributed by atoms with Gasteiger partial charge in [-0.05, 0) is 31.9 Å². The van der Waals surface area contributed by atoms with E-state index < -0.39 is 0 Å². The van der Waals surface area contributed by atoms with Gasteiger partial charge in [0.2, 0.25) is 0 Å². The number of nitrogens with zero attached hydrogens (tertiary/aromatic N) is 3. The van der Waals surface area contributed by atoms with Gasteiger partial charge >= 0.3 is 0 Å². The lowest BCUT2D eigenvalue weighted by molar-refractivity contribution is -0.133. The van der Waals surface area contributed by atoms with E-state index in [0.29, 0.717) is 11.8 Å². The molecule has 1 heterocycles. The molecule has 2 aromatic rings. The van der Waals surface area contributed by atoms with Crippen LogP contribution in [0.1, 0.15) is 19.8 Å². The smallest absolute Gasteiger partial charge is 0.260 e. The average molecular weight is 285 g/mol. The number of hydrogen-bond acceptors (Lipinski definition) is 3. The van der Waals surface area contributed by atoms with Crippen molar-refractivity contribution in [3.63, 3.8) is 0 Å². The molecule has 0 radical (unpaired) electrons. The Morgan fingerprint density at radius 2 is 2.33 bits per heavy atom. The number of ether oxygens (including phenoxy) is 1. The van der Waals surface area contributed by atoms with Crippen LogP contribution in [0.15, 0.2) is 43.0 Å². The Bertz CT molecular complexity index is 606. The van der Waals surface area contributed by atoms with Gasteiger partial charge in [0.05, 0.1) is 12.0 Å². The van der Waals surface area contributed by atoms with E-state index in [-0.39, 0.29) is 12.5 Å². The predicted molar refractivity (Wildman–Crippen MR) is 79.5 cm³/mol. The van der Waals surface area contributed by atoms with Crippen molar-refractivity contribution >= 4 is 5.91 Å². The number of benzene rings is 1. The molecule has 3 rings (SSSR count). The van der Waals surface area contributed by atoms with Gasteiger partial charge in [-0.1, -0.05) is 6.07 Å². The Morgan fingerprint density at radius 3 is 3.00 bits per heavy atom. The van der Waals surface area contributed by atoms with Gasteiger partial charge in [0.25, 0.3) is 5.91 Å². The SMILES string of the molecule is CCN(C(=O)COc1cccc(-n2ccnc2)c1)C1CC1. The number of carbonyl (C=O) groups is 1. The maximum absolute atomic E-state index is 12.1. The van der Waals surface area contributed by atoms with E-state index in [1.165, 1.54) is 0 Å². The first-order chi connectivity index (χ1) is 10.3. The molecule has 110 valence electrons. The van der Waals surface area contributed by atoms with Crippen molar-refractivity contribution in [1.29, 1.82) is 0 Å². The van der Waals surface area contributed by atoms with Crippen molar-refractivity contribution < 1.29 is 9.53 Å². The van der Waals surface area contributed by atoms with Crippen molar-refractivity contribution in [2.45, 2.75) is 25.8 Å². The molecule has 0 N–H and O–H groups in total. The first kappa shape index (κ1) is 13.7. The first-order valence-corrected chi connectivity index (χ1v) is 7.28. The molecule has 21 heavy (non-hydrogen) atoms. The Hall–Kier alpha value is -2.30. The summed E-state index contributed by atoms with van der Waals surface area (Å²) in [5.74, 6) is 0.759. The van der Waals surface area contributed by atoms with Crippen LogP contribution in [0.25, 0.3) is 5.69 Å². The lowest BCUT2D eigenvalue weighted by Gasteiger charge is -2.20. The first-order valence-electron chi connectivity index (χ1n) is 7.28. The van der Waals surface area contributed by atoms with Crippen molar-refractivity contribution in [3.8, 4) is 11.4 Å². The number of rotatable bonds is 6. The van der Waals surface area contributed by atoms with Gasteiger partial charge in [-0.2, -0.15) is 0 Å². The molecular weight excluding hydrogens is 266 g/mol. The molecule has 1 saturated carbocycles. The maximum Gasteiger partial charge on any atom is 0.260 e. The van der Waals surface area contributed by atoms with Crippen LogP contribution in [0.3, 0.4) is 0 Å². The van der Waals surface area contributed by atoms with Crippen LogP contribution >= 0.6 is 0 Å². The zero-order valence-corrected chi connectivity index (χ0v) is 12.1. The highest BCUT2D eigenvalue weighted by Crippen LogP contribution is 2.26. The van der Waals surface area contributed by atoms with Gasteiger partial charge in [0.15, 0.2) is 6.61 Å². The third kappa shape index (κ3) is 3.24. The minimum atomic E-state index is 0.0630. The largest absolute Gasteiger partial charge is 0.484 e. The third-order valence-electron chi connectivity index (χ3n) is 3.63. The summed E-state index contributed by atoms with van der Waals surface area (Å²) >= 11 is 0. The quantitative estimate of drug-likeness (QED) is 0.818. The number of aromatic nitrogens is 2. The van der Waals surface area contributed by atoms with E-state index in [1.54, 1.807) is 12.5 Å². The molecule has 1 aliphatic rings. The summed E-state index contributed by atoms with van der Waals surface area (Å²) < 4.78 is 7.54. The molecule has 1 aromatic heterocycles. The molecule has 1 amide bonds. The van der Waals surface area contributed by atoms with Gasteiger partial charge < -0.3 is 14.2 Å². The van der Waals surface area contributed by atoms with Crippen LogP contribution in [0, 0.1) is 0 Å². The van der Waals surface area contributed by atoms with Crippen LogP contribution in [-0.4, -0.2) is 39.6 Å². The number of carbonyl (C=O) groups excluding carboxylic acids is 1. The zero-order valence-electron chi connectivity index (χ0n) is 12.1.